The highest BCUT2D eigenvalue weighted by Gasteiger charge is 2.28. The molecule has 98 valence electrons. The molecule has 0 radical (unpaired) electrons. The molecule has 1 aromatic rings. The maximum Gasteiger partial charge on any atom is 0.389 e. The van der Waals surface area contributed by atoms with E-state index in [9.17, 15) is 13.2 Å². The second kappa shape index (κ2) is 6.61. The second-order valence-electron chi connectivity index (χ2n) is 3.82. The number of halogens is 4. The van der Waals surface area contributed by atoms with Gasteiger partial charge in [0.05, 0.1) is 4.34 Å². The van der Waals surface area contributed by atoms with E-state index in [1.165, 1.54) is 11.3 Å². The van der Waals surface area contributed by atoms with Gasteiger partial charge in [0.2, 0.25) is 0 Å². The van der Waals surface area contributed by atoms with Crippen LogP contribution in [0.4, 0.5) is 13.2 Å². The molecule has 1 N–H and O–H groups in total. The first-order valence-electron chi connectivity index (χ1n) is 5.45. The van der Waals surface area contributed by atoms with E-state index in [2.05, 4.69) is 5.32 Å². The van der Waals surface area contributed by atoms with Gasteiger partial charge in [0.1, 0.15) is 0 Å². The van der Waals surface area contributed by atoms with Gasteiger partial charge in [-0.15, -0.1) is 11.3 Å². The van der Waals surface area contributed by atoms with Crippen molar-refractivity contribution >= 4 is 22.9 Å². The zero-order valence-electron chi connectivity index (χ0n) is 9.48. The molecule has 6 heteroatoms. The molecule has 0 aliphatic rings. The molecule has 1 aromatic heterocycles. The van der Waals surface area contributed by atoms with Crippen molar-refractivity contribution < 1.29 is 13.2 Å². The van der Waals surface area contributed by atoms with E-state index < -0.39 is 12.6 Å². The van der Waals surface area contributed by atoms with Gasteiger partial charge in [-0.2, -0.15) is 13.2 Å². The van der Waals surface area contributed by atoms with E-state index in [1.807, 2.05) is 13.0 Å². The lowest BCUT2D eigenvalue weighted by Gasteiger charge is -2.17. The van der Waals surface area contributed by atoms with Crippen LogP contribution >= 0.6 is 22.9 Å². The summed E-state index contributed by atoms with van der Waals surface area (Å²) in [4.78, 5) is 1.02. The molecule has 0 aromatic carbocycles. The quantitative estimate of drug-likeness (QED) is 0.823. The number of thiophene rings is 1. The van der Waals surface area contributed by atoms with Gasteiger partial charge in [-0.1, -0.05) is 18.5 Å². The predicted octanol–water partition coefficient (Wildman–Crippen LogP) is 4.26. The van der Waals surface area contributed by atoms with Crippen LogP contribution < -0.4 is 5.32 Å². The molecule has 17 heavy (non-hydrogen) atoms. The maximum absolute atomic E-state index is 12.2. The first kappa shape index (κ1) is 14.8. The Morgan fingerprint density at radius 3 is 2.59 bits per heavy atom. The van der Waals surface area contributed by atoms with Gasteiger partial charge in [0.25, 0.3) is 0 Å². The Kier molecular flexibility index (Phi) is 5.76. The highest BCUT2D eigenvalue weighted by molar-refractivity contribution is 7.16. The Bertz CT molecular complexity index is 338. The molecular formula is C11H15ClF3NS. The minimum atomic E-state index is -4.08. The van der Waals surface area contributed by atoms with Gasteiger partial charge in [0, 0.05) is 17.3 Å². The summed E-state index contributed by atoms with van der Waals surface area (Å²) >= 11 is 7.21. The Balaban J connectivity index is 2.48. The van der Waals surface area contributed by atoms with Crippen LogP contribution in [-0.2, 0) is 6.42 Å². The van der Waals surface area contributed by atoms with Crippen molar-refractivity contribution in [3.63, 3.8) is 0 Å². The lowest BCUT2D eigenvalue weighted by atomic mass is 10.1. The van der Waals surface area contributed by atoms with Gasteiger partial charge < -0.3 is 5.32 Å². The third-order valence-electron chi connectivity index (χ3n) is 2.35. The normalized spacial score (nSPS) is 13.9. The SMILES string of the molecule is CCNC(CCC(F)(F)F)Cc1ccc(Cl)s1. The number of hydrogen-bond donors (Lipinski definition) is 1. The van der Waals surface area contributed by atoms with Crippen molar-refractivity contribution in [2.45, 2.75) is 38.4 Å². The highest BCUT2D eigenvalue weighted by Crippen LogP contribution is 2.26. The molecule has 0 aliphatic carbocycles. The van der Waals surface area contributed by atoms with Crippen molar-refractivity contribution in [2.24, 2.45) is 0 Å². The molecule has 0 spiro atoms. The third kappa shape index (κ3) is 6.29. The molecule has 1 atom stereocenters. The molecule has 0 saturated heterocycles. The molecule has 1 nitrogen and oxygen atoms in total. The van der Waals surface area contributed by atoms with Crippen LogP contribution in [0.5, 0.6) is 0 Å². The van der Waals surface area contributed by atoms with Gasteiger partial charge in [-0.05, 0) is 31.5 Å². The molecular weight excluding hydrogens is 271 g/mol. The molecule has 1 unspecified atom stereocenters. The zero-order valence-corrected chi connectivity index (χ0v) is 11.1. The molecule has 0 aliphatic heterocycles. The van der Waals surface area contributed by atoms with Gasteiger partial charge in [-0.25, -0.2) is 0 Å². The fraction of sp³-hybridized carbons (Fsp3) is 0.636. The van der Waals surface area contributed by atoms with E-state index in [1.54, 1.807) is 6.07 Å². The van der Waals surface area contributed by atoms with Gasteiger partial charge in [0.15, 0.2) is 0 Å². The number of hydrogen-bond acceptors (Lipinski definition) is 2. The topological polar surface area (TPSA) is 12.0 Å². The standard InChI is InChI=1S/C11H15ClF3NS/c1-2-16-8(5-6-11(13,14)15)7-9-3-4-10(12)17-9/h3-4,8,16H,2,5-7H2,1H3. The monoisotopic (exact) mass is 285 g/mol. The minimum absolute atomic E-state index is 0.104. The number of rotatable bonds is 6. The molecule has 1 rings (SSSR count). The van der Waals surface area contributed by atoms with Crippen LogP contribution in [0.15, 0.2) is 12.1 Å². The van der Waals surface area contributed by atoms with Gasteiger partial charge >= 0.3 is 6.18 Å². The average molecular weight is 286 g/mol. The van der Waals surface area contributed by atoms with Crippen LogP contribution in [0.3, 0.4) is 0 Å². The molecule has 1 heterocycles. The largest absolute Gasteiger partial charge is 0.389 e. The summed E-state index contributed by atoms with van der Waals surface area (Å²) in [6.45, 7) is 2.56. The van der Waals surface area contributed by atoms with Crippen LogP contribution in [0, 0.1) is 0 Å². The molecule has 0 saturated carbocycles. The minimum Gasteiger partial charge on any atom is -0.314 e. The van der Waals surface area contributed by atoms with Crippen LogP contribution in [0.1, 0.15) is 24.6 Å². The smallest absolute Gasteiger partial charge is 0.314 e. The zero-order chi connectivity index (χ0) is 12.9. The third-order valence-corrected chi connectivity index (χ3v) is 3.60. The van der Waals surface area contributed by atoms with E-state index in [0.29, 0.717) is 17.3 Å². The number of likely N-dealkylation sites (N-methyl/N-ethyl adjacent to an activating group) is 1. The lowest BCUT2D eigenvalue weighted by molar-refractivity contribution is -0.136. The second-order valence-corrected chi connectivity index (χ2v) is 5.62. The van der Waals surface area contributed by atoms with Crippen molar-refractivity contribution in [1.82, 2.24) is 5.32 Å². The summed E-state index contributed by atoms with van der Waals surface area (Å²) in [7, 11) is 0. The molecule has 0 amide bonds. The number of nitrogens with one attached hydrogen (secondary N) is 1. The summed E-state index contributed by atoms with van der Waals surface area (Å²) in [6.07, 6.45) is -4.13. The van der Waals surface area contributed by atoms with Crippen molar-refractivity contribution in [3.05, 3.63) is 21.3 Å². The first-order chi connectivity index (χ1) is 7.90. The Labute approximate surface area is 108 Å². The Morgan fingerprint density at radius 1 is 1.41 bits per heavy atom. The average Bonchev–Trinajstić information content (AvgIpc) is 2.60. The summed E-state index contributed by atoms with van der Waals surface area (Å²) in [5, 5.41) is 3.08. The van der Waals surface area contributed by atoms with Crippen molar-refractivity contribution in [3.8, 4) is 0 Å². The van der Waals surface area contributed by atoms with E-state index >= 15 is 0 Å². The predicted molar refractivity (Wildman–Crippen MR) is 65.8 cm³/mol. The van der Waals surface area contributed by atoms with Crippen LogP contribution in [0.2, 0.25) is 4.34 Å². The molecule has 0 bridgehead atoms. The van der Waals surface area contributed by atoms with Crippen molar-refractivity contribution in [2.75, 3.05) is 6.54 Å². The fourth-order valence-electron chi connectivity index (χ4n) is 1.61. The van der Waals surface area contributed by atoms with Crippen molar-refractivity contribution in [1.29, 1.82) is 0 Å². The highest BCUT2D eigenvalue weighted by atomic mass is 35.5. The van der Waals surface area contributed by atoms with Crippen LogP contribution in [-0.4, -0.2) is 18.8 Å². The Morgan fingerprint density at radius 2 is 2.12 bits per heavy atom. The lowest BCUT2D eigenvalue weighted by Crippen LogP contribution is -2.32. The summed E-state index contributed by atoms with van der Waals surface area (Å²) in [5.74, 6) is 0. The summed E-state index contributed by atoms with van der Waals surface area (Å²) < 4.78 is 37.1. The number of alkyl halides is 3. The fourth-order valence-corrected chi connectivity index (χ4v) is 2.77. The maximum atomic E-state index is 12.2. The van der Waals surface area contributed by atoms with Gasteiger partial charge in [-0.3, -0.25) is 0 Å². The molecule has 0 fully saturated rings. The van der Waals surface area contributed by atoms with E-state index in [-0.39, 0.29) is 12.5 Å². The summed E-state index contributed by atoms with van der Waals surface area (Å²) in [6, 6.07) is 3.50. The first-order valence-corrected chi connectivity index (χ1v) is 6.64. The van der Waals surface area contributed by atoms with E-state index in [4.69, 9.17) is 11.6 Å². The summed E-state index contributed by atoms with van der Waals surface area (Å²) in [5.41, 5.74) is 0. The van der Waals surface area contributed by atoms with E-state index in [0.717, 1.165) is 4.88 Å². The van der Waals surface area contributed by atoms with Crippen LogP contribution in [0.25, 0.3) is 0 Å². The Hall–Kier alpha value is -0.260.